The molecule has 0 aromatic heterocycles. The molecule has 0 spiro atoms. The molecule has 8 heavy (non-hydrogen) atoms. The monoisotopic (exact) mass is 160 g/mol. The van der Waals surface area contributed by atoms with E-state index in [9.17, 15) is 4.79 Å². The van der Waals surface area contributed by atoms with Crippen molar-refractivity contribution >= 4 is 56.7 Å². The van der Waals surface area contributed by atoms with Gasteiger partial charge in [0.05, 0.1) is 0 Å². The summed E-state index contributed by atoms with van der Waals surface area (Å²) in [6.45, 7) is 0. The normalized spacial score (nSPS) is 7.62. The number of thiol groups is 1. The van der Waals surface area contributed by atoms with Crippen LogP contribution in [-0.4, -0.2) is 49.8 Å². The Kier molecular flexibility index (Phi) is 16.7. The van der Waals surface area contributed by atoms with Crippen molar-refractivity contribution in [1.29, 1.82) is 0 Å². The number of aldehydes is 1. The van der Waals surface area contributed by atoms with Gasteiger partial charge in [0.1, 0.15) is 6.29 Å². The molecule has 0 aromatic rings. The molecule has 0 saturated carbocycles. The zero-order valence-corrected chi connectivity index (χ0v) is 8.07. The average molecular weight is 160 g/mol. The summed E-state index contributed by atoms with van der Waals surface area (Å²) < 4.78 is 0. The molecule has 0 radical (unpaired) electrons. The summed E-state index contributed by atoms with van der Waals surface area (Å²) in [6.07, 6.45) is 3.69. The molecule has 0 bridgehead atoms. The van der Waals surface area contributed by atoms with Crippen molar-refractivity contribution in [1.82, 2.24) is 0 Å². The number of hydrogen-bond acceptors (Lipinski definition) is 2. The Bertz CT molecular complexity index is 56.9. The maximum absolute atomic E-state index is 9.65. The van der Waals surface area contributed by atoms with Gasteiger partial charge in [-0.25, -0.2) is 0 Å². The Morgan fingerprint density at radius 2 is 2.12 bits per heavy atom. The van der Waals surface area contributed by atoms with Crippen molar-refractivity contribution < 1.29 is 7.65 Å². The summed E-state index contributed by atoms with van der Waals surface area (Å²) >= 11 is 3.98. The van der Waals surface area contributed by atoms with E-state index in [4.69, 9.17) is 0 Å². The van der Waals surface area contributed by atoms with Gasteiger partial charge in [0.25, 0.3) is 0 Å². The minimum absolute atomic E-state index is 0. The minimum atomic E-state index is 0. The van der Waals surface area contributed by atoms with Crippen LogP contribution in [0.2, 0.25) is 0 Å². The SMILES string of the molecule is O=CCCCCS.[Ca+2].[H-].[H-]. The topological polar surface area (TPSA) is 17.1 Å². The molecule has 0 unspecified atom stereocenters. The Balaban J connectivity index is -0.0000000600. The van der Waals surface area contributed by atoms with Gasteiger partial charge in [0, 0.05) is 6.42 Å². The van der Waals surface area contributed by atoms with Crippen LogP contribution in [0.5, 0.6) is 0 Å². The molecule has 0 aromatic carbocycles. The minimum Gasteiger partial charge on any atom is -1.00 e. The van der Waals surface area contributed by atoms with Crippen LogP contribution in [0.4, 0.5) is 0 Å². The summed E-state index contributed by atoms with van der Waals surface area (Å²) in [5.74, 6) is 0.897. The van der Waals surface area contributed by atoms with Crippen LogP contribution in [0.3, 0.4) is 0 Å². The molecule has 0 amide bonds. The number of rotatable bonds is 4. The standard InChI is InChI=1S/C5H10OS.Ca.2H/c6-4-2-1-3-5-7;;;/h4,7H,1-3,5H2;;;/q;+2;2*-1. The molecule has 0 fully saturated rings. The van der Waals surface area contributed by atoms with Gasteiger partial charge in [-0.05, 0) is 18.6 Å². The first-order valence-electron chi connectivity index (χ1n) is 2.46. The largest absolute Gasteiger partial charge is 2.00 e. The fourth-order valence-electron chi connectivity index (χ4n) is 0.339. The molecule has 0 atom stereocenters. The van der Waals surface area contributed by atoms with E-state index in [-0.39, 0.29) is 40.6 Å². The first-order valence-corrected chi connectivity index (χ1v) is 3.09. The first-order chi connectivity index (χ1) is 3.41. The molecule has 46 valence electrons. The van der Waals surface area contributed by atoms with Crippen molar-refractivity contribution in [3.8, 4) is 0 Å². The average Bonchev–Trinajstić information content (AvgIpc) is 1.69. The maximum atomic E-state index is 9.65. The van der Waals surface area contributed by atoms with E-state index >= 15 is 0 Å². The Hall–Kier alpha value is 1.28. The first kappa shape index (κ1) is 12.0. The third kappa shape index (κ3) is 10.3. The van der Waals surface area contributed by atoms with E-state index < -0.39 is 0 Å². The van der Waals surface area contributed by atoms with Gasteiger partial charge in [0.15, 0.2) is 0 Å². The van der Waals surface area contributed by atoms with E-state index in [1.807, 2.05) is 0 Å². The van der Waals surface area contributed by atoms with Crippen molar-refractivity contribution in [2.75, 3.05) is 5.75 Å². The van der Waals surface area contributed by atoms with Gasteiger partial charge < -0.3 is 7.65 Å². The van der Waals surface area contributed by atoms with Gasteiger partial charge in [-0.3, -0.25) is 0 Å². The summed E-state index contributed by atoms with van der Waals surface area (Å²) in [4.78, 5) is 9.65. The summed E-state index contributed by atoms with van der Waals surface area (Å²) in [6, 6.07) is 0. The number of unbranched alkanes of at least 4 members (excludes halogenated alkanes) is 2. The van der Waals surface area contributed by atoms with Crippen molar-refractivity contribution in [3.63, 3.8) is 0 Å². The molecule has 0 rings (SSSR count). The molecule has 0 aliphatic rings. The van der Waals surface area contributed by atoms with E-state index in [1.165, 1.54) is 0 Å². The van der Waals surface area contributed by atoms with Gasteiger partial charge in [0.2, 0.25) is 0 Å². The second-order valence-electron chi connectivity index (χ2n) is 1.39. The molecule has 0 saturated heterocycles. The van der Waals surface area contributed by atoms with Crippen LogP contribution in [-0.2, 0) is 4.79 Å². The molecule has 0 aliphatic heterocycles. The Morgan fingerprint density at radius 3 is 2.50 bits per heavy atom. The third-order valence-electron chi connectivity index (χ3n) is 0.730. The van der Waals surface area contributed by atoms with Crippen LogP contribution in [0, 0.1) is 0 Å². The molecular formula is C5H12CaOS. The molecule has 0 aliphatic carbocycles. The summed E-state index contributed by atoms with van der Waals surface area (Å²) in [7, 11) is 0. The Labute approximate surface area is 88.6 Å². The summed E-state index contributed by atoms with van der Waals surface area (Å²) in [5, 5.41) is 0. The predicted octanol–water partition coefficient (Wildman–Crippen LogP) is 1.13. The second-order valence-corrected chi connectivity index (χ2v) is 1.83. The molecule has 0 N–H and O–H groups in total. The predicted molar refractivity (Wildman–Crippen MR) is 41.7 cm³/mol. The van der Waals surface area contributed by atoms with Gasteiger partial charge in [-0.2, -0.15) is 12.6 Å². The van der Waals surface area contributed by atoms with Crippen molar-refractivity contribution in [2.45, 2.75) is 19.3 Å². The smallest absolute Gasteiger partial charge is 1.00 e. The van der Waals surface area contributed by atoms with Crippen LogP contribution < -0.4 is 0 Å². The van der Waals surface area contributed by atoms with E-state index in [0.29, 0.717) is 6.42 Å². The molecule has 1 nitrogen and oxygen atoms in total. The molecule has 3 heteroatoms. The fourth-order valence-corrected chi connectivity index (χ4v) is 0.563. The van der Waals surface area contributed by atoms with E-state index in [1.54, 1.807) is 0 Å². The van der Waals surface area contributed by atoms with E-state index in [2.05, 4.69) is 12.6 Å². The fraction of sp³-hybridized carbons (Fsp3) is 0.800. The number of hydrogen-bond donors (Lipinski definition) is 1. The second kappa shape index (κ2) is 11.1. The van der Waals surface area contributed by atoms with Crippen LogP contribution in [0.15, 0.2) is 0 Å². The zero-order chi connectivity index (χ0) is 5.54. The van der Waals surface area contributed by atoms with Gasteiger partial charge >= 0.3 is 37.7 Å². The molecular weight excluding hydrogens is 148 g/mol. The van der Waals surface area contributed by atoms with Crippen molar-refractivity contribution in [2.24, 2.45) is 0 Å². The number of carbonyl (C=O) groups excluding carboxylic acids is 1. The Morgan fingerprint density at radius 1 is 1.50 bits per heavy atom. The maximum Gasteiger partial charge on any atom is 2.00 e. The van der Waals surface area contributed by atoms with Crippen molar-refractivity contribution in [3.05, 3.63) is 0 Å². The van der Waals surface area contributed by atoms with Crippen LogP contribution in [0.25, 0.3) is 0 Å². The summed E-state index contributed by atoms with van der Waals surface area (Å²) in [5.41, 5.74) is 0. The third-order valence-corrected chi connectivity index (χ3v) is 1.05. The van der Waals surface area contributed by atoms with Crippen LogP contribution in [0.1, 0.15) is 22.1 Å². The van der Waals surface area contributed by atoms with Gasteiger partial charge in [-0.15, -0.1) is 0 Å². The number of carbonyl (C=O) groups is 1. The quantitative estimate of drug-likeness (QED) is 0.282. The van der Waals surface area contributed by atoms with Crippen LogP contribution >= 0.6 is 12.6 Å². The molecule has 0 heterocycles. The van der Waals surface area contributed by atoms with E-state index in [0.717, 1.165) is 24.9 Å². The van der Waals surface area contributed by atoms with Gasteiger partial charge in [-0.1, -0.05) is 0 Å². The zero-order valence-electron chi connectivity index (χ0n) is 6.97.